The minimum Gasteiger partial charge on any atom is -0.466 e. The first-order valence-corrected chi connectivity index (χ1v) is 9.43. The van der Waals surface area contributed by atoms with Crippen molar-refractivity contribution in [2.75, 3.05) is 19.7 Å². The van der Waals surface area contributed by atoms with E-state index in [1.807, 2.05) is 29.8 Å². The number of imidazole rings is 1. The summed E-state index contributed by atoms with van der Waals surface area (Å²) in [6, 6.07) is 1.88. The van der Waals surface area contributed by atoms with Gasteiger partial charge in [-0.25, -0.2) is 9.97 Å². The van der Waals surface area contributed by atoms with Gasteiger partial charge in [-0.1, -0.05) is 24.0 Å². The summed E-state index contributed by atoms with van der Waals surface area (Å²) < 4.78 is 7.87. The maximum atomic E-state index is 11.8. The van der Waals surface area contributed by atoms with Crippen molar-refractivity contribution in [3.63, 3.8) is 0 Å². The average Bonchev–Trinajstić information content (AvgIpc) is 3.03. The van der Waals surface area contributed by atoms with E-state index in [2.05, 4.69) is 14.9 Å². The van der Waals surface area contributed by atoms with E-state index in [9.17, 15) is 4.79 Å². The number of carbonyl (C=O) groups is 1. The quantitative estimate of drug-likeness (QED) is 0.610. The molecule has 1 saturated heterocycles. The van der Waals surface area contributed by atoms with Crippen LogP contribution >= 0.6 is 24.0 Å². The van der Waals surface area contributed by atoms with Gasteiger partial charge in [-0.05, 0) is 25.8 Å². The fourth-order valence-corrected chi connectivity index (χ4v) is 3.87. The molecule has 0 amide bonds. The molecule has 0 aromatic carbocycles. The van der Waals surface area contributed by atoms with Crippen LogP contribution in [0, 0.1) is 5.92 Å². The van der Waals surface area contributed by atoms with E-state index in [-0.39, 0.29) is 11.9 Å². The van der Waals surface area contributed by atoms with E-state index in [0.717, 1.165) is 41.7 Å². The number of esters is 1. The summed E-state index contributed by atoms with van der Waals surface area (Å²) >= 11 is 7.14. The van der Waals surface area contributed by atoms with Gasteiger partial charge >= 0.3 is 5.97 Å². The lowest BCUT2D eigenvalue weighted by molar-refractivity contribution is -0.149. The molecule has 1 fully saturated rings. The molecule has 2 aromatic heterocycles. The summed E-state index contributed by atoms with van der Waals surface area (Å²) in [4.78, 5) is 22.6. The van der Waals surface area contributed by atoms with Crippen molar-refractivity contribution in [2.45, 2.75) is 25.5 Å². The van der Waals surface area contributed by atoms with Crippen molar-refractivity contribution in [2.24, 2.45) is 5.92 Å². The highest BCUT2D eigenvalue weighted by Crippen LogP contribution is 2.23. The Bertz CT molecular complexity index is 693. The molecule has 1 aliphatic rings. The number of rotatable bonds is 4. The average molecular weight is 364 g/mol. The largest absolute Gasteiger partial charge is 0.466 e. The number of piperidine rings is 1. The minimum atomic E-state index is -0.0760. The van der Waals surface area contributed by atoms with Crippen molar-refractivity contribution in [1.29, 1.82) is 0 Å². The van der Waals surface area contributed by atoms with Gasteiger partial charge in [0.05, 0.1) is 18.2 Å². The number of ether oxygens (including phenoxy) is 1. The second-order valence-electron chi connectivity index (χ2n) is 5.63. The first kappa shape index (κ1) is 17.2. The summed E-state index contributed by atoms with van der Waals surface area (Å²) in [5.74, 6) is 1.36. The molecule has 0 radical (unpaired) electrons. The molecule has 6 nitrogen and oxygen atoms in total. The van der Waals surface area contributed by atoms with Gasteiger partial charge in [-0.3, -0.25) is 9.20 Å². The molecule has 0 spiro atoms. The Hall–Kier alpha value is -1.67. The van der Waals surface area contributed by atoms with Gasteiger partial charge < -0.3 is 9.64 Å². The van der Waals surface area contributed by atoms with Crippen molar-refractivity contribution < 1.29 is 9.53 Å². The van der Waals surface area contributed by atoms with Crippen LogP contribution in [0.5, 0.6) is 0 Å². The summed E-state index contributed by atoms with van der Waals surface area (Å²) in [5.41, 5.74) is 0.961. The van der Waals surface area contributed by atoms with Crippen LogP contribution in [0.25, 0.3) is 5.78 Å². The van der Waals surface area contributed by atoms with Gasteiger partial charge in [0, 0.05) is 37.4 Å². The highest BCUT2D eigenvalue weighted by atomic mass is 32.2. The van der Waals surface area contributed by atoms with E-state index < -0.39 is 0 Å². The Morgan fingerprint density at radius 1 is 1.46 bits per heavy atom. The molecule has 0 atom stereocenters. The van der Waals surface area contributed by atoms with Gasteiger partial charge in [0.2, 0.25) is 5.78 Å². The molecule has 8 heteroatoms. The van der Waals surface area contributed by atoms with Crippen molar-refractivity contribution in [1.82, 2.24) is 19.3 Å². The fraction of sp³-hybridized carbons (Fsp3) is 0.500. The van der Waals surface area contributed by atoms with Gasteiger partial charge in [0.15, 0.2) is 0 Å². The maximum Gasteiger partial charge on any atom is 0.309 e. The highest BCUT2D eigenvalue weighted by molar-refractivity contribution is 8.22. The smallest absolute Gasteiger partial charge is 0.309 e. The number of likely N-dealkylation sites (tertiary alicyclic amines) is 1. The topological polar surface area (TPSA) is 59.7 Å². The van der Waals surface area contributed by atoms with Crippen LogP contribution in [0.4, 0.5) is 0 Å². The van der Waals surface area contributed by atoms with Gasteiger partial charge in [-0.2, -0.15) is 0 Å². The predicted octanol–water partition coefficient (Wildman–Crippen LogP) is 2.52. The number of thiocarbonyl (C=S) groups is 1. The minimum absolute atomic E-state index is 0.0125. The number of carbonyl (C=O) groups excluding carboxylic acids is 1. The number of hydrogen-bond donors (Lipinski definition) is 0. The lowest BCUT2D eigenvalue weighted by Crippen LogP contribution is -2.38. The van der Waals surface area contributed by atoms with E-state index in [4.69, 9.17) is 17.0 Å². The molecule has 3 rings (SSSR count). The van der Waals surface area contributed by atoms with E-state index in [1.54, 1.807) is 18.0 Å². The summed E-state index contributed by atoms with van der Waals surface area (Å²) in [5, 5.41) is 0. The van der Waals surface area contributed by atoms with Crippen molar-refractivity contribution in [3.8, 4) is 0 Å². The zero-order valence-corrected chi connectivity index (χ0v) is 15.2. The predicted molar refractivity (Wildman–Crippen MR) is 97.8 cm³/mol. The molecule has 2 aromatic rings. The third-order valence-corrected chi connectivity index (χ3v) is 5.56. The molecular formula is C16H20N4O2S2. The Kier molecular flexibility index (Phi) is 5.68. The SMILES string of the molecule is CCOC(=O)C1CCN(C(=S)SCc2cn3cccnc3n2)CC1. The fourth-order valence-electron chi connectivity index (χ4n) is 2.73. The lowest BCUT2D eigenvalue weighted by Gasteiger charge is -2.32. The van der Waals surface area contributed by atoms with Crippen LogP contribution in [-0.4, -0.2) is 49.3 Å². The highest BCUT2D eigenvalue weighted by Gasteiger charge is 2.27. The molecular weight excluding hydrogens is 344 g/mol. The van der Waals surface area contributed by atoms with Gasteiger partial charge in [0.1, 0.15) is 4.32 Å². The van der Waals surface area contributed by atoms with Crippen LogP contribution in [-0.2, 0) is 15.3 Å². The lowest BCUT2D eigenvalue weighted by atomic mass is 9.97. The van der Waals surface area contributed by atoms with Crippen LogP contribution in [0.3, 0.4) is 0 Å². The standard InChI is InChI=1S/C16H20N4O2S2/c1-2-22-14(21)12-4-8-19(9-5-12)16(23)24-11-13-10-20-7-3-6-17-15(20)18-13/h3,6-7,10,12H,2,4-5,8-9,11H2,1H3. The summed E-state index contributed by atoms with van der Waals surface area (Å²) in [6.07, 6.45) is 7.25. The molecule has 0 aliphatic carbocycles. The first-order valence-electron chi connectivity index (χ1n) is 8.04. The molecule has 0 unspecified atom stereocenters. The Labute approximate surface area is 150 Å². The number of nitrogens with zero attached hydrogens (tertiary/aromatic N) is 4. The Morgan fingerprint density at radius 2 is 2.25 bits per heavy atom. The Morgan fingerprint density at radius 3 is 2.96 bits per heavy atom. The molecule has 0 N–H and O–H groups in total. The second-order valence-corrected chi connectivity index (χ2v) is 7.24. The van der Waals surface area contributed by atoms with Gasteiger partial charge in [-0.15, -0.1) is 0 Å². The van der Waals surface area contributed by atoms with Crippen molar-refractivity contribution >= 4 is 40.0 Å². The normalized spacial score (nSPS) is 15.6. The Balaban J connectivity index is 1.48. The first-order chi connectivity index (χ1) is 11.7. The third kappa shape index (κ3) is 4.05. The van der Waals surface area contributed by atoms with Crippen molar-refractivity contribution in [3.05, 3.63) is 30.4 Å². The molecule has 0 saturated carbocycles. The summed E-state index contributed by atoms with van der Waals surface area (Å²) in [7, 11) is 0. The van der Waals surface area contributed by atoms with Crippen LogP contribution in [0.15, 0.2) is 24.7 Å². The number of hydrogen-bond acceptors (Lipinski definition) is 6. The zero-order chi connectivity index (χ0) is 16.9. The number of aromatic nitrogens is 3. The van der Waals surface area contributed by atoms with E-state index in [1.165, 1.54) is 0 Å². The second kappa shape index (κ2) is 7.94. The summed E-state index contributed by atoms with van der Waals surface area (Å²) in [6.45, 7) is 3.90. The van der Waals surface area contributed by atoms with Crippen LogP contribution < -0.4 is 0 Å². The molecule has 0 bridgehead atoms. The molecule has 128 valence electrons. The molecule has 1 aliphatic heterocycles. The number of fused-ring (bicyclic) bond motifs is 1. The third-order valence-electron chi connectivity index (χ3n) is 4.00. The van der Waals surface area contributed by atoms with Crippen LogP contribution in [0.2, 0.25) is 0 Å². The van der Waals surface area contributed by atoms with Crippen LogP contribution in [0.1, 0.15) is 25.5 Å². The molecule has 3 heterocycles. The molecule has 24 heavy (non-hydrogen) atoms. The zero-order valence-electron chi connectivity index (χ0n) is 13.6. The monoisotopic (exact) mass is 364 g/mol. The van der Waals surface area contributed by atoms with E-state index in [0.29, 0.717) is 12.4 Å². The maximum absolute atomic E-state index is 11.8. The van der Waals surface area contributed by atoms with Gasteiger partial charge in [0.25, 0.3) is 0 Å². The van der Waals surface area contributed by atoms with E-state index >= 15 is 0 Å². The number of thioether (sulfide) groups is 1.